The van der Waals surface area contributed by atoms with Gasteiger partial charge in [0.25, 0.3) is 5.91 Å². The lowest BCUT2D eigenvalue weighted by Crippen LogP contribution is -2.44. The van der Waals surface area contributed by atoms with Crippen molar-refractivity contribution in [1.29, 1.82) is 0 Å². The number of fused-ring (bicyclic) bond motifs is 1. The van der Waals surface area contributed by atoms with Crippen LogP contribution in [-0.4, -0.2) is 36.7 Å². The Kier molecular flexibility index (Phi) is 5.86. The summed E-state index contributed by atoms with van der Waals surface area (Å²) in [6.07, 6.45) is -1.11. The molecule has 5 rings (SSSR count). The van der Waals surface area contributed by atoms with E-state index in [0.29, 0.717) is 28.9 Å². The van der Waals surface area contributed by atoms with E-state index in [1.54, 1.807) is 32.3 Å². The molecule has 3 heterocycles. The van der Waals surface area contributed by atoms with E-state index >= 15 is 4.39 Å². The number of nitrogens with zero attached hydrogens (tertiary/aromatic N) is 5. The molecule has 2 aromatic carbocycles. The summed E-state index contributed by atoms with van der Waals surface area (Å²) in [4.78, 5) is 24.8. The number of hydrogen-bond donors (Lipinski definition) is 2. The number of H-pyrrole nitrogens is 1. The first-order valence-electron chi connectivity index (χ1n) is 11.5. The highest BCUT2D eigenvalue weighted by atomic mass is 32.1. The number of halogens is 4. The Morgan fingerprint density at radius 3 is 2.50 bits per heavy atom. The minimum Gasteiger partial charge on any atom is -0.398 e. The second kappa shape index (κ2) is 8.72. The maximum absolute atomic E-state index is 15.5. The van der Waals surface area contributed by atoms with Gasteiger partial charge in [0, 0.05) is 34.9 Å². The first-order valence-corrected chi connectivity index (χ1v) is 11.9. The molecule has 0 spiro atoms. The van der Waals surface area contributed by atoms with Crippen molar-refractivity contribution in [2.45, 2.75) is 38.9 Å². The zero-order valence-corrected chi connectivity index (χ0v) is 21.2. The quantitative estimate of drug-likeness (QED) is 0.206. The molecule has 1 saturated heterocycles. The molecule has 0 saturated carbocycles. The molecule has 8 nitrogen and oxygen atoms in total. The van der Waals surface area contributed by atoms with Crippen molar-refractivity contribution in [2.24, 2.45) is 0 Å². The number of carbonyl (C=O) groups excluding carboxylic acids is 1. The van der Waals surface area contributed by atoms with Gasteiger partial charge in [-0.3, -0.25) is 14.8 Å². The minimum atomic E-state index is -4.73. The molecule has 4 aromatic rings. The molecule has 196 valence electrons. The van der Waals surface area contributed by atoms with E-state index in [9.17, 15) is 18.0 Å². The summed E-state index contributed by atoms with van der Waals surface area (Å²) < 4.78 is 56.1. The lowest BCUT2D eigenvalue weighted by atomic mass is 10.0. The average Bonchev–Trinajstić information content (AvgIpc) is 3.44. The number of aromatic nitrogens is 4. The summed E-state index contributed by atoms with van der Waals surface area (Å²) in [6, 6.07) is 5.93. The van der Waals surface area contributed by atoms with Crippen molar-refractivity contribution >= 4 is 51.2 Å². The fourth-order valence-electron chi connectivity index (χ4n) is 4.49. The van der Waals surface area contributed by atoms with Crippen molar-refractivity contribution < 1.29 is 22.4 Å². The van der Waals surface area contributed by atoms with Crippen LogP contribution in [0.15, 0.2) is 42.7 Å². The Balaban J connectivity index is 1.67. The third-order valence-electron chi connectivity index (χ3n) is 6.40. The van der Waals surface area contributed by atoms with Crippen LogP contribution >= 0.6 is 12.2 Å². The van der Waals surface area contributed by atoms with Crippen molar-refractivity contribution in [3.63, 3.8) is 0 Å². The van der Waals surface area contributed by atoms with Crippen LogP contribution in [0.4, 0.5) is 34.6 Å². The van der Waals surface area contributed by atoms with Crippen LogP contribution in [0.25, 0.3) is 22.2 Å². The molecule has 1 fully saturated rings. The van der Waals surface area contributed by atoms with Crippen LogP contribution in [-0.2, 0) is 17.4 Å². The van der Waals surface area contributed by atoms with Crippen molar-refractivity contribution in [2.75, 3.05) is 15.5 Å². The van der Waals surface area contributed by atoms with Gasteiger partial charge in [-0.1, -0.05) is 6.92 Å². The Labute approximate surface area is 219 Å². The van der Waals surface area contributed by atoms with Crippen LogP contribution < -0.4 is 15.5 Å². The van der Waals surface area contributed by atoms with Crippen LogP contribution in [0.2, 0.25) is 0 Å². The number of rotatable bonds is 4. The van der Waals surface area contributed by atoms with Gasteiger partial charge in [0.2, 0.25) is 0 Å². The van der Waals surface area contributed by atoms with Gasteiger partial charge in [-0.15, -0.1) is 0 Å². The first kappa shape index (κ1) is 25.5. The third kappa shape index (κ3) is 3.93. The maximum Gasteiger partial charge on any atom is 0.418 e. The number of aryl methyl sites for hydroxylation is 1. The third-order valence-corrected chi connectivity index (χ3v) is 6.76. The number of aromatic amines is 1. The van der Waals surface area contributed by atoms with Gasteiger partial charge < -0.3 is 10.6 Å². The van der Waals surface area contributed by atoms with E-state index in [2.05, 4.69) is 20.2 Å². The number of nitrogens with two attached hydrogens (primary N) is 1. The number of nitrogens with one attached hydrogen (secondary N) is 1. The largest absolute Gasteiger partial charge is 0.418 e. The van der Waals surface area contributed by atoms with E-state index in [1.807, 2.05) is 6.92 Å². The Bertz CT molecular complexity index is 1600. The van der Waals surface area contributed by atoms with E-state index in [0.717, 1.165) is 17.0 Å². The molecule has 38 heavy (non-hydrogen) atoms. The minimum absolute atomic E-state index is 0.0799. The number of amides is 1. The Morgan fingerprint density at radius 1 is 1.13 bits per heavy atom. The van der Waals surface area contributed by atoms with Gasteiger partial charge in [-0.05, 0) is 56.4 Å². The summed E-state index contributed by atoms with van der Waals surface area (Å²) in [5.74, 6) is -0.827. The highest BCUT2D eigenvalue weighted by molar-refractivity contribution is 7.81. The molecule has 1 amide bonds. The zero-order chi connectivity index (χ0) is 27.6. The monoisotopic (exact) mass is 543 g/mol. The Hall–Kier alpha value is -4.13. The molecule has 0 unspecified atom stereocenters. The summed E-state index contributed by atoms with van der Waals surface area (Å²) in [6.45, 7) is 4.96. The average molecular weight is 544 g/mol. The maximum atomic E-state index is 15.5. The number of benzene rings is 2. The van der Waals surface area contributed by atoms with Gasteiger partial charge in [-0.25, -0.2) is 14.4 Å². The lowest BCUT2D eigenvalue weighted by Gasteiger charge is -2.30. The second-order valence-electron chi connectivity index (χ2n) is 9.24. The molecule has 1 aliphatic heterocycles. The number of nitrogen functional groups attached to an aromatic ring is 1. The summed E-state index contributed by atoms with van der Waals surface area (Å²) in [5, 5.41) is 6.90. The highest BCUT2D eigenvalue weighted by Crippen LogP contribution is 2.41. The van der Waals surface area contributed by atoms with Crippen molar-refractivity contribution in [1.82, 2.24) is 20.2 Å². The van der Waals surface area contributed by atoms with Gasteiger partial charge in [0.05, 0.1) is 23.1 Å². The fourth-order valence-corrected chi connectivity index (χ4v) is 5.02. The SMILES string of the molecule is CCc1nc(-c2cn[nH]c2)c2cc(N3C(=S)N(c4ccc(N)c(C(F)(F)F)c4)C(=O)C3(C)C)cc(F)c2n1. The topological polar surface area (TPSA) is 104 Å². The molecule has 0 radical (unpaired) electrons. The predicted molar refractivity (Wildman–Crippen MR) is 139 cm³/mol. The molecule has 0 aliphatic carbocycles. The number of hydrogen-bond acceptors (Lipinski definition) is 6. The van der Waals surface area contributed by atoms with E-state index in [4.69, 9.17) is 18.0 Å². The van der Waals surface area contributed by atoms with Crippen molar-refractivity contribution in [3.8, 4) is 11.3 Å². The Morgan fingerprint density at radius 2 is 1.87 bits per heavy atom. The molecule has 2 aromatic heterocycles. The van der Waals surface area contributed by atoms with Crippen molar-refractivity contribution in [3.05, 3.63) is 59.9 Å². The van der Waals surface area contributed by atoms with E-state index in [-0.39, 0.29) is 22.0 Å². The van der Waals surface area contributed by atoms with Crippen LogP contribution in [0.1, 0.15) is 32.2 Å². The van der Waals surface area contributed by atoms with Gasteiger partial charge in [0.1, 0.15) is 16.9 Å². The van der Waals surface area contributed by atoms with Crippen LogP contribution in [0.5, 0.6) is 0 Å². The molecular formula is C25H21F4N7OS. The molecule has 3 N–H and O–H groups in total. The predicted octanol–water partition coefficient (Wildman–Crippen LogP) is 5.24. The van der Waals surface area contributed by atoms with Gasteiger partial charge in [-0.2, -0.15) is 18.3 Å². The molecule has 13 heteroatoms. The van der Waals surface area contributed by atoms with Gasteiger partial charge >= 0.3 is 6.18 Å². The molecule has 0 bridgehead atoms. The smallest absolute Gasteiger partial charge is 0.398 e. The lowest BCUT2D eigenvalue weighted by molar-refractivity contribution is -0.137. The van der Waals surface area contributed by atoms with Gasteiger partial charge in [0.15, 0.2) is 10.9 Å². The van der Waals surface area contributed by atoms with E-state index < -0.39 is 34.7 Å². The highest BCUT2D eigenvalue weighted by Gasteiger charge is 2.51. The number of alkyl halides is 3. The zero-order valence-electron chi connectivity index (χ0n) is 20.4. The van der Waals surface area contributed by atoms with Crippen LogP contribution in [0, 0.1) is 5.82 Å². The van der Waals surface area contributed by atoms with E-state index in [1.165, 1.54) is 17.0 Å². The summed E-state index contributed by atoms with van der Waals surface area (Å²) in [7, 11) is 0. The molecule has 1 aliphatic rings. The van der Waals surface area contributed by atoms with Crippen LogP contribution in [0.3, 0.4) is 0 Å². The molecule has 0 atom stereocenters. The fraction of sp³-hybridized carbons (Fsp3) is 0.240. The molecular weight excluding hydrogens is 522 g/mol. The number of thiocarbonyl (C=S) groups is 1. The first-order chi connectivity index (χ1) is 17.8. The number of anilines is 3. The summed E-state index contributed by atoms with van der Waals surface area (Å²) >= 11 is 5.59. The summed E-state index contributed by atoms with van der Waals surface area (Å²) in [5.41, 5.74) is 3.82. The normalized spacial score (nSPS) is 15.7. The second-order valence-corrected chi connectivity index (χ2v) is 9.60. The standard InChI is InChI=1S/C25H21F4N7OS/c1-4-19-33-20(12-10-31-32-11-12)15-7-14(9-17(26)21(15)34-19)36-23(38)35(22(37)24(36,2)3)13-5-6-18(30)16(8-13)25(27,28)29/h5-11H,4,30H2,1-3H3,(H,31,32). The number of carbonyl (C=O) groups is 1.